The second-order valence-electron chi connectivity index (χ2n) is 3.08. The lowest BCUT2D eigenvalue weighted by Gasteiger charge is -2.09. The van der Waals surface area contributed by atoms with E-state index in [1.165, 1.54) is 18.1 Å². The van der Waals surface area contributed by atoms with Gasteiger partial charge in [-0.3, -0.25) is 0 Å². The van der Waals surface area contributed by atoms with Crippen LogP contribution in [0.2, 0.25) is 0 Å². The summed E-state index contributed by atoms with van der Waals surface area (Å²) in [7, 11) is 3.39. The molecule has 0 saturated heterocycles. The summed E-state index contributed by atoms with van der Waals surface area (Å²) in [4.78, 5) is 12.5. The van der Waals surface area contributed by atoms with Crippen molar-refractivity contribution in [1.29, 1.82) is 0 Å². The molecule has 0 radical (unpaired) electrons. The number of nitrogens with one attached hydrogen (secondary N) is 1. The van der Waals surface area contributed by atoms with Gasteiger partial charge in [0.05, 0.1) is 7.11 Å². The van der Waals surface area contributed by atoms with E-state index in [9.17, 15) is 0 Å². The van der Waals surface area contributed by atoms with Crippen LogP contribution in [0.5, 0.6) is 5.75 Å². The summed E-state index contributed by atoms with van der Waals surface area (Å²) in [5.74, 6) is 1.30. The van der Waals surface area contributed by atoms with Crippen LogP contribution >= 0.6 is 11.8 Å². The summed E-state index contributed by atoms with van der Waals surface area (Å²) in [5, 5.41) is 4.57. The number of rotatable bonds is 4. The Balaban J connectivity index is 2.33. The molecule has 1 N–H and O–H groups in total. The molecule has 0 aliphatic heterocycles. The predicted molar refractivity (Wildman–Crippen MR) is 66.5 cm³/mol. The molecule has 88 valence electrons. The van der Waals surface area contributed by atoms with E-state index in [1.807, 2.05) is 18.2 Å². The number of hydrogen-bond donors (Lipinski definition) is 1. The molecule has 0 unspecified atom stereocenters. The van der Waals surface area contributed by atoms with Crippen LogP contribution in [0.4, 0.5) is 5.82 Å². The summed E-state index contributed by atoms with van der Waals surface area (Å²) in [6.07, 6.45) is 3.24. The number of aromatic nitrogens is 3. The summed E-state index contributed by atoms with van der Waals surface area (Å²) in [6, 6.07) is 5.73. The Bertz CT molecular complexity index is 492. The van der Waals surface area contributed by atoms with E-state index in [-0.39, 0.29) is 0 Å². The summed E-state index contributed by atoms with van der Waals surface area (Å²) in [6.45, 7) is 0. The van der Waals surface area contributed by atoms with E-state index in [0.29, 0.717) is 11.6 Å². The number of methoxy groups -OCH3 is 1. The molecule has 0 aliphatic carbocycles. The summed E-state index contributed by atoms with van der Waals surface area (Å²) in [5.41, 5.74) is 0. The van der Waals surface area contributed by atoms with E-state index in [1.54, 1.807) is 20.4 Å². The maximum Gasteiger partial charge on any atom is 0.194 e. The van der Waals surface area contributed by atoms with Crippen molar-refractivity contribution in [2.24, 2.45) is 0 Å². The number of hydrogen-bond acceptors (Lipinski definition) is 6. The quantitative estimate of drug-likeness (QED) is 0.836. The highest BCUT2D eigenvalue weighted by molar-refractivity contribution is 7.99. The highest BCUT2D eigenvalue weighted by Crippen LogP contribution is 2.35. The number of pyridine rings is 1. The molecule has 0 fully saturated rings. The van der Waals surface area contributed by atoms with Crippen LogP contribution in [-0.4, -0.2) is 29.1 Å². The highest BCUT2D eigenvalue weighted by atomic mass is 32.2. The van der Waals surface area contributed by atoms with Crippen LogP contribution in [0.25, 0.3) is 0 Å². The van der Waals surface area contributed by atoms with Crippen molar-refractivity contribution in [3.8, 4) is 5.75 Å². The lowest BCUT2D eigenvalue weighted by molar-refractivity contribution is 0.400. The molecule has 0 saturated carbocycles. The molecule has 2 rings (SSSR count). The smallest absolute Gasteiger partial charge is 0.194 e. The van der Waals surface area contributed by atoms with Gasteiger partial charge in [0.2, 0.25) is 0 Å². The van der Waals surface area contributed by atoms with E-state index in [4.69, 9.17) is 4.74 Å². The van der Waals surface area contributed by atoms with E-state index >= 15 is 0 Å². The average Bonchev–Trinajstić information content (AvgIpc) is 2.39. The lowest BCUT2D eigenvalue weighted by atomic mass is 10.5. The van der Waals surface area contributed by atoms with E-state index in [2.05, 4.69) is 20.3 Å². The Labute approximate surface area is 104 Å². The first-order valence-corrected chi connectivity index (χ1v) is 5.82. The number of nitrogens with zero attached hydrogens (tertiary/aromatic N) is 3. The van der Waals surface area contributed by atoms with Gasteiger partial charge in [0.25, 0.3) is 0 Å². The van der Waals surface area contributed by atoms with Gasteiger partial charge in [-0.1, -0.05) is 6.07 Å². The minimum atomic E-state index is 0.630. The molecule has 17 heavy (non-hydrogen) atoms. The standard InChI is InChI=1S/C11H12N4OS/c1-12-10-9(16-2)11(15-7-14-10)17-8-5-3-4-6-13-8/h3-7H,1-2H3,(H,12,14,15). The lowest BCUT2D eigenvalue weighted by Crippen LogP contribution is -1.99. The average molecular weight is 248 g/mol. The third-order valence-corrected chi connectivity index (χ3v) is 2.99. The zero-order valence-corrected chi connectivity index (χ0v) is 10.4. The second-order valence-corrected chi connectivity index (χ2v) is 4.09. The molecule has 0 aromatic carbocycles. The fraction of sp³-hybridized carbons (Fsp3) is 0.182. The minimum absolute atomic E-state index is 0.630. The van der Waals surface area contributed by atoms with E-state index in [0.717, 1.165) is 10.1 Å². The van der Waals surface area contributed by atoms with Crippen LogP contribution in [0.15, 0.2) is 40.8 Å². The fourth-order valence-corrected chi connectivity index (χ4v) is 2.13. The molecule has 0 atom stereocenters. The van der Waals surface area contributed by atoms with Crippen LogP contribution in [-0.2, 0) is 0 Å². The van der Waals surface area contributed by atoms with Crippen molar-refractivity contribution in [3.05, 3.63) is 30.7 Å². The predicted octanol–water partition coefficient (Wildman–Crippen LogP) is 2.07. The van der Waals surface area contributed by atoms with E-state index < -0.39 is 0 Å². The van der Waals surface area contributed by atoms with Crippen LogP contribution in [0.1, 0.15) is 0 Å². The molecule has 6 heteroatoms. The third-order valence-electron chi connectivity index (χ3n) is 2.05. The van der Waals surface area contributed by atoms with Gasteiger partial charge in [0.15, 0.2) is 11.6 Å². The van der Waals surface area contributed by atoms with Crippen LogP contribution < -0.4 is 10.1 Å². The summed E-state index contributed by atoms with van der Waals surface area (Å²) >= 11 is 1.44. The molecular formula is C11H12N4OS. The molecule has 0 amide bonds. The van der Waals surface area contributed by atoms with Gasteiger partial charge >= 0.3 is 0 Å². The maximum absolute atomic E-state index is 5.30. The Morgan fingerprint density at radius 2 is 2.12 bits per heavy atom. The topological polar surface area (TPSA) is 59.9 Å². The van der Waals surface area contributed by atoms with Gasteiger partial charge in [-0.05, 0) is 23.9 Å². The molecule has 2 aromatic heterocycles. The molecule has 2 heterocycles. The SMILES string of the molecule is CNc1ncnc(Sc2ccccn2)c1OC. The first-order chi connectivity index (χ1) is 8.35. The first-order valence-electron chi connectivity index (χ1n) is 5.00. The van der Waals surface area contributed by atoms with Gasteiger partial charge in [-0.2, -0.15) is 0 Å². The van der Waals surface area contributed by atoms with Crippen LogP contribution in [0, 0.1) is 0 Å². The van der Waals surface area contributed by atoms with Gasteiger partial charge in [-0.15, -0.1) is 0 Å². The van der Waals surface area contributed by atoms with Crippen molar-refractivity contribution in [1.82, 2.24) is 15.0 Å². The highest BCUT2D eigenvalue weighted by Gasteiger charge is 2.12. The second kappa shape index (κ2) is 5.49. The molecule has 0 bridgehead atoms. The van der Waals surface area contributed by atoms with Gasteiger partial charge in [0.1, 0.15) is 16.4 Å². The van der Waals surface area contributed by atoms with Crippen LogP contribution in [0.3, 0.4) is 0 Å². The van der Waals surface area contributed by atoms with Crippen molar-refractivity contribution in [2.75, 3.05) is 19.5 Å². The zero-order valence-electron chi connectivity index (χ0n) is 9.54. The Hall–Kier alpha value is -1.82. The summed E-state index contributed by atoms with van der Waals surface area (Å²) < 4.78 is 5.30. The molecule has 0 aliphatic rings. The zero-order chi connectivity index (χ0) is 12.1. The molecular weight excluding hydrogens is 236 g/mol. The van der Waals surface area contributed by atoms with Crippen molar-refractivity contribution < 1.29 is 4.74 Å². The normalized spacial score (nSPS) is 10.0. The molecule has 5 nitrogen and oxygen atoms in total. The molecule has 0 spiro atoms. The fourth-order valence-electron chi connectivity index (χ4n) is 1.30. The van der Waals surface area contributed by atoms with Crippen molar-refractivity contribution >= 4 is 17.6 Å². The maximum atomic E-state index is 5.30. The minimum Gasteiger partial charge on any atom is -0.490 e. The Kier molecular flexibility index (Phi) is 3.77. The largest absolute Gasteiger partial charge is 0.490 e. The van der Waals surface area contributed by atoms with Gasteiger partial charge < -0.3 is 10.1 Å². The Morgan fingerprint density at radius 3 is 2.76 bits per heavy atom. The van der Waals surface area contributed by atoms with Gasteiger partial charge in [-0.25, -0.2) is 15.0 Å². The number of ether oxygens (including phenoxy) is 1. The monoisotopic (exact) mass is 248 g/mol. The van der Waals surface area contributed by atoms with Crippen molar-refractivity contribution in [2.45, 2.75) is 10.1 Å². The molecule has 2 aromatic rings. The number of anilines is 1. The first kappa shape index (κ1) is 11.7. The van der Waals surface area contributed by atoms with Crippen molar-refractivity contribution in [3.63, 3.8) is 0 Å². The third kappa shape index (κ3) is 2.65. The van der Waals surface area contributed by atoms with Gasteiger partial charge in [0, 0.05) is 13.2 Å². The Morgan fingerprint density at radius 1 is 1.24 bits per heavy atom.